The number of carboxylic acids is 1. The van der Waals surface area contributed by atoms with Crippen molar-refractivity contribution in [1.82, 2.24) is 10.6 Å². The van der Waals surface area contributed by atoms with Gasteiger partial charge in [0.1, 0.15) is 6.04 Å². The van der Waals surface area contributed by atoms with Crippen molar-refractivity contribution >= 4 is 23.8 Å². The molecule has 0 radical (unpaired) electrons. The number of aliphatic carboxylic acids is 1. The molecule has 8 heteroatoms. The van der Waals surface area contributed by atoms with Crippen LogP contribution in [0.25, 0.3) is 0 Å². The van der Waals surface area contributed by atoms with Crippen molar-refractivity contribution in [2.45, 2.75) is 25.3 Å². The van der Waals surface area contributed by atoms with Crippen LogP contribution in [-0.2, 0) is 23.9 Å². The van der Waals surface area contributed by atoms with Crippen molar-refractivity contribution in [3.8, 4) is 0 Å². The van der Waals surface area contributed by atoms with E-state index in [1.54, 1.807) is 0 Å². The molecular weight excluding hydrogens is 256 g/mol. The van der Waals surface area contributed by atoms with E-state index in [2.05, 4.69) is 15.4 Å². The summed E-state index contributed by atoms with van der Waals surface area (Å²) in [6.07, 6.45) is -0.105. The molecule has 1 saturated heterocycles. The fourth-order valence-electron chi connectivity index (χ4n) is 1.70. The van der Waals surface area contributed by atoms with Gasteiger partial charge in [0.2, 0.25) is 11.8 Å². The van der Waals surface area contributed by atoms with Crippen molar-refractivity contribution in [3.05, 3.63) is 0 Å². The molecule has 1 aliphatic heterocycles. The molecule has 3 N–H and O–H groups in total. The number of ether oxygens (including phenoxy) is 1. The normalized spacial score (nSPS) is 19.4. The van der Waals surface area contributed by atoms with Crippen LogP contribution in [0.2, 0.25) is 0 Å². The molecule has 1 aliphatic rings. The van der Waals surface area contributed by atoms with Gasteiger partial charge in [-0.3, -0.25) is 14.4 Å². The second kappa shape index (κ2) is 6.72. The number of carboxylic acid groups (broad SMARTS) is 1. The van der Waals surface area contributed by atoms with Gasteiger partial charge in [-0.1, -0.05) is 0 Å². The first kappa shape index (κ1) is 14.9. The molecule has 1 fully saturated rings. The maximum absolute atomic E-state index is 11.7. The van der Waals surface area contributed by atoms with Gasteiger partial charge in [-0.25, -0.2) is 4.79 Å². The van der Waals surface area contributed by atoms with Crippen molar-refractivity contribution in [1.29, 1.82) is 0 Å². The van der Waals surface area contributed by atoms with E-state index in [9.17, 15) is 19.2 Å². The van der Waals surface area contributed by atoms with Gasteiger partial charge in [0.25, 0.3) is 0 Å². The van der Waals surface area contributed by atoms with Crippen molar-refractivity contribution in [2.24, 2.45) is 5.92 Å². The number of hydrogen-bond donors (Lipinski definition) is 3. The van der Waals surface area contributed by atoms with Gasteiger partial charge in [0.05, 0.1) is 13.0 Å². The minimum absolute atomic E-state index is 0.0508. The molecule has 19 heavy (non-hydrogen) atoms. The molecule has 0 spiro atoms. The van der Waals surface area contributed by atoms with Crippen LogP contribution < -0.4 is 10.6 Å². The number of methoxy groups -OCH3 is 1. The summed E-state index contributed by atoms with van der Waals surface area (Å²) in [5.74, 6) is -3.07. The zero-order valence-corrected chi connectivity index (χ0v) is 10.5. The fraction of sp³-hybridized carbons (Fsp3) is 0.636. The Bertz CT molecular complexity index is 395. The Morgan fingerprint density at radius 3 is 2.68 bits per heavy atom. The van der Waals surface area contributed by atoms with Crippen molar-refractivity contribution in [2.75, 3.05) is 13.7 Å². The lowest BCUT2D eigenvalue weighted by molar-refractivity contribution is -0.144. The van der Waals surface area contributed by atoms with E-state index in [0.29, 0.717) is 0 Å². The highest BCUT2D eigenvalue weighted by atomic mass is 16.5. The van der Waals surface area contributed by atoms with Crippen LogP contribution in [-0.4, -0.2) is 48.6 Å². The second-order valence-corrected chi connectivity index (χ2v) is 4.22. The zero-order valence-electron chi connectivity index (χ0n) is 10.5. The minimum atomic E-state index is -1.23. The number of rotatable bonds is 6. The topological polar surface area (TPSA) is 122 Å². The Morgan fingerprint density at radius 2 is 2.21 bits per heavy atom. The minimum Gasteiger partial charge on any atom is -0.480 e. The van der Waals surface area contributed by atoms with Crippen LogP contribution in [0.1, 0.15) is 19.3 Å². The Hall–Kier alpha value is -2.12. The number of amides is 2. The van der Waals surface area contributed by atoms with Gasteiger partial charge in [0, 0.05) is 19.4 Å². The maximum atomic E-state index is 11.7. The van der Waals surface area contributed by atoms with E-state index >= 15 is 0 Å². The molecule has 2 amide bonds. The molecule has 0 saturated carbocycles. The third kappa shape index (κ3) is 4.57. The molecule has 106 valence electrons. The second-order valence-electron chi connectivity index (χ2n) is 4.22. The van der Waals surface area contributed by atoms with Gasteiger partial charge in [0.15, 0.2) is 0 Å². The van der Waals surface area contributed by atoms with Gasteiger partial charge in [-0.2, -0.15) is 0 Å². The van der Waals surface area contributed by atoms with Crippen LogP contribution in [0.15, 0.2) is 0 Å². The molecular formula is C11H16N2O6. The van der Waals surface area contributed by atoms with E-state index in [1.807, 2.05) is 0 Å². The number of carbonyl (C=O) groups excluding carboxylic acids is 3. The summed E-state index contributed by atoms with van der Waals surface area (Å²) in [5, 5.41) is 13.8. The van der Waals surface area contributed by atoms with Crippen LogP contribution >= 0.6 is 0 Å². The Kier molecular flexibility index (Phi) is 5.28. The van der Waals surface area contributed by atoms with Gasteiger partial charge in [-0.15, -0.1) is 0 Å². The first-order chi connectivity index (χ1) is 8.93. The fourth-order valence-corrected chi connectivity index (χ4v) is 1.70. The standard InChI is InChI=1S/C11H16N2O6/c1-19-9(15)3-2-7(11(17)18)13-10(16)6-4-8(14)12-5-6/h6-7H,2-5H2,1H3,(H,12,14)(H,13,16)(H,17,18). The van der Waals surface area contributed by atoms with E-state index in [4.69, 9.17) is 5.11 Å². The van der Waals surface area contributed by atoms with E-state index in [1.165, 1.54) is 7.11 Å². The summed E-state index contributed by atoms with van der Waals surface area (Å²) in [6.45, 7) is 0.202. The lowest BCUT2D eigenvalue weighted by Gasteiger charge is -2.16. The SMILES string of the molecule is COC(=O)CCC(NC(=O)C1CNC(=O)C1)C(=O)O. The molecule has 1 heterocycles. The summed E-state index contributed by atoms with van der Waals surface area (Å²) in [4.78, 5) is 44.6. The van der Waals surface area contributed by atoms with E-state index in [0.717, 1.165) is 0 Å². The van der Waals surface area contributed by atoms with Crippen LogP contribution in [0, 0.1) is 5.92 Å². The highest BCUT2D eigenvalue weighted by Crippen LogP contribution is 2.10. The molecule has 1 rings (SSSR count). The largest absolute Gasteiger partial charge is 0.480 e. The van der Waals surface area contributed by atoms with Gasteiger partial charge < -0.3 is 20.5 Å². The predicted octanol–water partition coefficient (Wildman–Crippen LogP) is -1.35. The first-order valence-corrected chi connectivity index (χ1v) is 5.80. The summed E-state index contributed by atoms with van der Waals surface area (Å²) in [6, 6.07) is -1.16. The van der Waals surface area contributed by atoms with Crippen LogP contribution in [0.3, 0.4) is 0 Å². The molecule has 0 bridgehead atoms. The lowest BCUT2D eigenvalue weighted by atomic mass is 10.1. The zero-order chi connectivity index (χ0) is 14.4. The number of esters is 1. The number of carbonyl (C=O) groups is 4. The van der Waals surface area contributed by atoms with Gasteiger partial charge >= 0.3 is 11.9 Å². The summed E-state index contributed by atoms with van der Waals surface area (Å²) >= 11 is 0. The third-order valence-electron chi connectivity index (χ3n) is 2.83. The number of hydrogen-bond acceptors (Lipinski definition) is 5. The Labute approximate surface area is 109 Å². The molecule has 0 aromatic heterocycles. The van der Waals surface area contributed by atoms with E-state index in [-0.39, 0.29) is 31.7 Å². The smallest absolute Gasteiger partial charge is 0.326 e. The average Bonchev–Trinajstić information content (AvgIpc) is 2.80. The molecule has 0 aliphatic carbocycles. The predicted molar refractivity (Wildman–Crippen MR) is 61.9 cm³/mol. The molecule has 2 unspecified atom stereocenters. The third-order valence-corrected chi connectivity index (χ3v) is 2.83. The average molecular weight is 272 g/mol. The monoisotopic (exact) mass is 272 g/mol. The van der Waals surface area contributed by atoms with Gasteiger partial charge in [-0.05, 0) is 6.42 Å². The summed E-state index contributed by atoms with van der Waals surface area (Å²) < 4.78 is 4.40. The van der Waals surface area contributed by atoms with E-state index < -0.39 is 29.8 Å². The van der Waals surface area contributed by atoms with Crippen molar-refractivity contribution < 1.29 is 29.0 Å². The lowest BCUT2D eigenvalue weighted by Crippen LogP contribution is -2.44. The first-order valence-electron chi connectivity index (χ1n) is 5.80. The summed E-state index contributed by atoms with van der Waals surface area (Å²) in [5.41, 5.74) is 0. The summed E-state index contributed by atoms with van der Waals surface area (Å²) in [7, 11) is 1.20. The highest BCUT2D eigenvalue weighted by Gasteiger charge is 2.31. The molecule has 8 nitrogen and oxygen atoms in total. The Morgan fingerprint density at radius 1 is 1.53 bits per heavy atom. The quantitative estimate of drug-likeness (QED) is 0.514. The van der Waals surface area contributed by atoms with Crippen molar-refractivity contribution in [3.63, 3.8) is 0 Å². The molecule has 0 aromatic carbocycles. The van der Waals surface area contributed by atoms with Crippen LogP contribution in [0.4, 0.5) is 0 Å². The molecule has 0 aromatic rings. The van der Waals surface area contributed by atoms with Crippen LogP contribution in [0.5, 0.6) is 0 Å². The molecule has 2 atom stereocenters. The number of nitrogens with one attached hydrogen (secondary N) is 2. The highest BCUT2D eigenvalue weighted by molar-refractivity contribution is 5.91. The maximum Gasteiger partial charge on any atom is 0.326 e. The Balaban J connectivity index is 2.48.